The largest absolute Gasteiger partial charge is 0.489 e. The Labute approximate surface area is 172 Å². The molecule has 1 aliphatic rings. The van der Waals surface area contributed by atoms with E-state index in [0.717, 1.165) is 28.1 Å². The zero-order chi connectivity index (χ0) is 19.7. The number of hydrogen-bond acceptors (Lipinski definition) is 4. The number of rotatable bonds is 4. The molecule has 144 valence electrons. The molecule has 0 radical (unpaired) electrons. The Bertz CT molecular complexity index is 986. The van der Waals surface area contributed by atoms with E-state index in [1.807, 2.05) is 62.4 Å². The minimum absolute atomic E-state index is 0.0213. The molecular formula is C21H20ClN3O2S. The van der Waals surface area contributed by atoms with Crippen molar-refractivity contribution in [3.8, 4) is 5.75 Å². The smallest absolute Gasteiger partial charge is 0.238 e. The number of nitrogens with zero attached hydrogens (tertiary/aromatic N) is 1. The van der Waals surface area contributed by atoms with Crippen LogP contribution in [0.4, 0.5) is 5.82 Å². The molecule has 2 N–H and O–H groups in total. The number of anilines is 1. The number of hydrogen-bond donors (Lipinski definition) is 2. The molecule has 0 spiro atoms. The predicted octanol–water partition coefficient (Wildman–Crippen LogP) is 5.11. The maximum Gasteiger partial charge on any atom is 0.238 e. The lowest BCUT2D eigenvalue weighted by molar-refractivity contribution is -0.115. The lowest BCUT2D eigenvalue weighted by atomic mass is 10.0. The molecule has 2 atom stereocenters. The van der Waals surface area contributed by atoms with Gasteiger partial charge in [-0.2, -0.15) is 5.10 Å². The SMILES string of the molecule is Cc1[nH]nc2c1[C@@H](c1ccc(OCc3ccc(Cl)cc3)cc1)S[C@H](C)C(=O)N2. The second-order valence-electron chi connectivity index (χ2n) is 6.74. The van der Waals surface area contributed by atoms with Gasteiger partial charge in [-0.15, -0.1) is 11.8 Å². The summed E-state index contributed by atoms with van der Waals surface area (Å²) in [5, 5.41) is 10.7. The second-order valence-corrected chi connectivity index (χ2v) is 8.63. The molecule has 0 saturated carbocycles. The Kier molecular flexibility index (Phi) is 5.33. The number of ether oxygens (including phenoxy) is 1. The average Bonchev–Trinajstić information content (AvgIpc) is 2.99. The molecule has 0 saturated heterocycles. The molecule has 0 bridgehead atoms. The van der Waals surface area contributed by atoms with Crippen molar-refractivity contribution in [3.63, 3.8) is 0 Å². The first kappa shape index (κ1) is 18.9. The number of amides is 1. The molecule has 1 aliphatic heterocycles. The Morgan fingerprint density at radius 2 is 1.86 bits per heavy atom. The number of aryl methyl sites for hydroxylation is 1. The Hall–Kier alpha value is -2.44. The van der Waals surface area contributed by atoms with Gasteiger partial charge in [0.1, 0.15) is 12.4 Å². The summed E-state index contributed by atoms with van der Waals surface area (Å²) in [4.78, 5) is 12.2. The number of carbonyl (C=O) groups is 1. The van der Waals surface area contributed by atoms with Crippen LogP contribution in [0.3, 0.4) is 0 Å². The number of carbonyl (C=O) groups excluding carboxylic acids is 1. The topological polar surface area (TPSA) is 67.0 Å². The van der Waals surface area contributed by atoms with Gasteiger partial charge in [-0.1, -0.05) is 35.9 Å². The van der Waals surface area contributed by atoms with E-state index >= 15 is 0 Å². The van der Waals surface area contributed by atoms with E-state index in [1.165, 1.54) is 0 Å². The molecule has 7 heteroatoms. The van der Waals surface area contributed by atoms with Gasteiger partial charge in [-0.05, 0) is 49.2 Å². The monoisotopic (exact) mass is 413 g/mol. The Morgan fingerprint density at radius 3 is 2.57 bits per heavy atom. The third kappa shape index (κ3) is 3.88. The normalized spacial score (nSPS) is 18.9. The molecule has 1 aromatic heterocycles. The van der Waals surface area contributed by atoms with E-state index in [4.69, 9.17) is 16.3 Å². The van der Waals surface area contributed by atoms with Crippen LogP contribution in [0.15, 0.2) is 48.5 Å². The maximum absolute atomic E-state index is 12.2. The number of aromatic nitrogens is 2. The quantitative estimate of drug-likeness (QED) is 0.623. The van der Waals surface area contributed by atoms with E-state index < -0.39 is 0 Å². The first-order valence-corrected chi connectivity index (χ1v) is 10.3. The van der Waals surface area contributed by atoms with E-state index in [2.05, 4.69) is 15.5 Å². The Balaban J connectivity index is 1.53. The molecule has 1 amide bonds. The van der Waals surface area contributed by atoms with Gasteiger partial charge in [-0.3, -0.25) is 9.89 Å². The number of benzene rings is 2. The van der Waals surface area contributed by atoms with Crippen LogP contribution in [-0.2, 0) is 11.4 Å². The number of fused-ring (bicyclic) bond motifs is 1. The van der Waals surface area contributed by atoms with Gasteiger partial charge in [0, 0.05) is 16.3 Å². The number of nitrogens with one attached hydrogen (secondary N) is 2. The van der Waals surface area contributed by atoms with Gasteiger partial charge in [0.15, 0.2) is 5.82 Å². The average molecular weight is 414 g/mol. The van der Waals surface area contributed by atoms with Crippen LogP contribution in [0.2, 0.25) is 5.02 Å². The first-order chi connectivity index (χ1) is 13.5. The summed E-state index contributed by atoms with van der Waals surface area (Å²) in [6.45, 7) is 4.38. The molecule has 0 aliphatic carbocycles. The highest BCUT2D eigenvalue weighted by atomic mass is 35.5. The summed E-state index contributed by atoms with van der Waals surface area (Å²) in [6, 6.07) is 15.6. The van der Waals surface area contributed by atoms with Gasteiger partial charge in [0.25, 0.3) is 0 Å². The summed E-state index contributed by atoms with van der Waals surface area (Å²) in [7, 11) is 0. The van der Waals surface area contributed by atoms with Crippen LogP contribution in [0.25, 0.3) is 0 Å². The summed E-state index contributed by atoms with van der Waals surface area (Å²) >= 11 is 7.54. The summed E-state index contributed by atoms with van der Waals surface area (Å²) in [6.07, 6.45) is 0. The highest BCUT2D eigenvalue weighted by molar-refractivity contribution is 8.01. The highest BCUT2D eigenvalue weighted by Gasteiger charge is 2.32. The zero-order valence-corrected chi connectivity index (χ0v) is 17.1. The lowest BCUT2D eigenvalue weighted by Crippen LogP contribution is -2.21. The zero-order valence-electron chi connectivity index (χ0n) is 15.5. The third-order valence-corrected chi connectivity index (χ3v) is 6.36. The standard InChI is InChI=1S/C21H20ClN3O2S/c1-12-18-19(28-13(2)21(26)23-20(18)25-24-12)15-5-9-17(10-6-15)27-11-14-3-7-16(22)8-4-14/h3-10,13,19H,11H2,1-2H3,(H2,23,24,25,26)/t13-,19-/m1/s1. The summed E-state index contributed by atoms with van der Waals surface area (Å²) in [5.74, 6) is 1.39. The van der Waals surface area contributed by atoms with Gasteiger partial charge in [0.2, 0.25) is 5.91 Å². The summed E-state index contributed by atoms with van der Waals surface area (Å²) < 4.78 is 5.88. The van der Waals surface area contributed by atoms with E-state index in [-0.39, 0.29) is 16.4 Å². The van der Waals surface area contributed by atoms with Crippen molar-refractivity contribution < 1.29 is 9.53 Å². The van der Waals surface area contributed by atoms with E-state index in [1.54, 1.807) is 11.8 Å². The molecule has 28 heavy (non-hydrogen) atoms. The van der Waals surface area contributed by atoms with Gasteiger partial charge in [0.05, 0.1) is 10.5 Å². The molecule has 3 aromatic rings. The fourth-order valence-electron chi connectivity index (χ4n) is 3.14. The number of thioether (sulfide) groups is 1. The fourth-order valence-corrected chi connectivity index (χ4v) is 4.59. The van der Waals surface area contributed by atoms with Crippen LogP contribution in [0.1, 0.15) is 34.6 Å². The number of H-pyrrole nitrogens is 1. The first-order valence-electron chi connectivity index (χ1n) is 8.99. The van der Waals surface area contributed by atoms with Crippen LogP contribution >= 0.6 is 23.4 Å². The molecule has 5 nitrogen and oxygen atoms in total. The van der Waals surface area contributed by atoms with Crippen molar-refractivity contribution in [2.75, 3.05) is 5.32 Å². The molecule has 0 fully saturated rings. The Morgan fingerprint density at radius 1 is 1.14 bits per heavy atom. The van der Waals surface area contributed by atoms with Crippen molar-refractivity contribution in [3.05, 3.63) is 75.9 Å². The van der Waals surface area contributed by atoms with Crippen molar-refractivity contribution in [2.24, 2.45) is 0 Å². The van der Waals surface area contributed by atoms with Crippen LogP contribution in [0, 0.1) is 6.92 Å². The van der Waals surface area contributed by atoms with Crippen LogP contribution in [-0.4, -0.2) is 21.4 Å². The number of aromatic amines is 1. The molecule has 2 heterocycles. The van der Waals surface area contributed by atoms with Crippen molar-refractivity contribution in [1.29, 1.82) is 0 Å². The van der Waals surface area contributed by atoms with Crippen molar-refractivity contribution in [1.82, 2.24) is 10.2 Å². The minimum atomic E-state index is -0.167. The molecule has 2 aromatic carbocycles. The van der Waals surface area contributed by atoms with Crippen molar-refractivity contribution in [2.45, 2.75) is 31.0 Å². The lowest BCUT2D eigenvalue weighted by Gasteiger charge is -2.18. The number of halogens is 1. The van der Waals surface area contributed by atoms with Crippen LogP contribution in [0.5, 0.6) is 5.75 Å². The third-order valence-electron chi connectivity index (χ3n) is 4.71. The predicted molar refractivity (Wildman–Crippen MR) is 113 cm³/mol. The minimum Gasteiger partial charge on any atom is -0.489 e. The van der Waals surface area contributed by atoms with E-state index in [0.29, 0.717) is 17.4 Å². The van der Waals surface area contributed by atoms with E-state index in [9.17, 15) is 4.79 Å². The molecular weight excluding hydrogens is 394 g/mol. The van der Waals surface area contributed by atoms with Gasteiger partial charge >= 0.3 is 0 Å². The highest BCUT2D eigenvalue weighted by Crippen LogP contribution is 2.44. The second kappa shape index (κ2) is 7.89. The fraction of sp³-hybridized carbons (Fsp3) is 0.238. The van der Waals surface area contributed by atoms with Gasteiger partial charge in [-0.25, -0.2) is 0 Å². The van der Waals surface area contributed by atoms with Crippen molar-refractivity contribution >= 4 is 35.1 Å². The maximum atomic E-state index is 12.2. The molecule has 4 rings (SSSR count). The molecule has 0 unspecified atom stereocenters. The van der Waals surface area contributed by atoms with Gasteiger partial charge < -0.3 is 10.1 Å². The summed E-state index contributed by atoms with van der Waals surface area (Å²) in [5.41, 5.74) is 4.16. The van der Waals surface area contributed by atoms with Crippen LogP contribution < -0.4 is 10.1 Å².